The minimum atomic E-state index is 0.256. The lowest BCUT2D eigenvalue weighted by Crippen LogP contribution is -2.09. The molecule has 1 aromatic rings. The molecule has 0 aliphatic heterocycles. The SMILES string of the molecule is CC(C)c1cccc(OCCCCC(=N)N)c1. The fraction of sp³-hybridized carbons (Fsp3) is 0.500. The minimum Gasteiger partial charge on any atom is -0.494 e. The second kappa shape index (κ2) is 6.94. The summed E-state index contributed by atoms with van der Waals surface area (Å²) >= 11 is 0. The van der Waals surface area contributed by atoms with Crippen molar-refractivity contribution >= 4 is 5.84 Å². The van der Waals surface area contributed by atoms with E-state index in [0.29, 0.717) is 18.9 Å². The van der Waals surface area contributed by atoms with Crippen molar-refractivity contribution in [1.82, 2.24) is 0 Å². The summed E-state index contributed by atoms with van der Waals surface area (Å²) in [4.78, 5) is 0. The van der Waals surface area contributed by atoms with Gasteiger partial charge in [0.25, 0.3) is 0 Å². The van der Waals surface area contributed by atoms with E-state index in [-0.39, 0.29) is 5.84 Å². The molecule has 0 aliphatic carbocycles. The predicted octanol–water partition coefficient (Wildman–Crippen LogP) is 3.30. The molecular formula is C14H22N2O. The van der Waals surface area contributed by atoms with Crippen molar-refractivity contribution in [1.29, 1.82) is 5.41 Å². The first-order valence-electron chi connectivity index (χ1n) is 6.15. The van der Waals surface area contributed by atoms with Crippen LogP contribution in [0.5, 0.6) is 5.75 Å². The second-order valence-electron chi connectivity index (χ2n) is 4.56. The third-order valence-corrected chi connectivity index (χ3v) is 2.63. The van der Waals surface area contributed by atoms with Crippen molar-refractivity contribution in [2.45, 2.75) is 39.0 Å². The molecule has 0 spiro atoms. The average Bonchev–Trinajstić information content (AvgIpc) is 2.28. The molecule has 0 saturated carbocycles. The maximum absolute atomic E-state index is 7.11. The maximum Gasteiger partial charge on any atom is 0.119 e. The molecule has 1 aromatic carbocycles. The van der Waals surface area contributed by atoms with Crippen molar-refractivity contribution in [3.63, 3.8) is 0 Å². The summed E-state index contributed by atoms with van der Waals surface area (Å²) in [6, 6.07) is 8.22. The lowest BCUT2D eigenvalue weighted by Gasteiger charge is -2.09. The van der Waals surface area contributed by atoms with Gasteiger partial charge in [-0.2, -0.15) is 0 Å². The normalized spacial score (nSPS) is 10.5. The van der Waals surface area contributed by atoms with Crippen LogP contribution in [0, 0.1) is 5.41 Å². The van der Waals surface area contributed by atoms with Crippen molar-refractivity contribution in [2.75, 3.05) is 6.61 Å². The standard InChI is InChI=1S/C14H22N2O/c1-11(2)12-6-5-7-13(10-12)17-9-4-3-8-14(15)16/h5-7,10-11H,3-4,8-9H2,1-2H3,(H3,15,16). The Balaban J connectivity index is 2.31. The first-order chi connectivity index (χ1) is 8.09. The predicted molar refractivity (Wildman–Crippen MR) is 71.8 cm³/mol. The van der Waals surface area contributed by atoms with Crippen LogP contribution in [0.3, 0.4) is 0 Å². The Morgan fingerprint density at radius 1 is 1.35 bits per heavy atom. The zero-order chi connectivity index (χ0) is 12.7. The van der Waals surface area contributed by atoms with E-state index in [2.05, 4.69) is 26.0 Å². The van der Waals surface area contributed by atoms with E-state index in [1.54, 1.807) is 0 Å². The number of nitrogens with two attached hydrogens (primary N) is 1. The number of hydrogen-bond acceptors (Lipinski definition) is 2. The molecule has 0 radical (unpaired) electrons. The molecule has 3 heteroatoms. The van der Waals surface area contributed by atoms with Crippen LogP contribution in [-0.2, 0) is 0 Å². The number of ether oxygens (including phenoxy) is 1. The first kappa shape index (κ1) is 13.6. The highest BCUT2D eigenvalue weighted by molar-refractivity contribution is 5.76. The fourth-order valence-electron chi connectivity index (χ4n) is 1.57. The zero-order valence-electron chi connectivity index (χ0n) is 10.7. The van der Waals surface area contributed by atoms with Crippen molar-refractivity contribution in [2.24, 2.45) is 5.73 Å². The van der Waals surface area contributed by atoms with Gasteiger partial charge in [-0.3, -0.25) is 5.41 Å². The van der Waals surface area contributed by atoms with Crippen LogP contribution in [0.25, 0.3) is 0 Å². The van der Waals surface area contributed by atoms with Gasteiger partial charge in [-0.05, 0) is 36.5 Å². The lowest BCUT2D eigenvalue weighted by molar-refractivity contribution is 0.307. The molecule has 3 N–H and O–H groups in total. The minimum absolute atomic E-state index is 0.256. The van der Waals surface area contributed by atoms with E-state index in [9.17, 15) is 0 Å². The van der Waals surface area contributed by atoms with Gasteiger partial charge in [-0.15, -0.1) is 0 Å². The lowest BCUT2D eigenvalue weighted by atomic mass is 10.0. The molecule has 0 atom stereocenters. The third kappa shape index (κ3) is 5.38. The molecule has 17 heavy (non-hydrogen) atoms. The van der Waals surface area contributed by atoms with E-state index in [1.165, 1.54) is 5.56 Å². The summed E-state index contributed by atoms with van der Waals surface area (Å²) in [6.07, 6.45) is 2.51. The largest absolute Gasteiger partial charge is 0.494 e. The number of unbranched alkanes of at least 4 members (excludes halogenated alkanes) is 1. The summed E-state index contributed by atoms with van der Waals surface area (Å²) in [5.74, 6) is 1.71. The van der Waals surface area contributed by atoms with Crippen LogP contribution in [-0.4, -0.2) is 12.4 Å². The number of amidine groups is 1. The monoisotopic (exact) mass is 234 g/mol. The van der Waals surface area contributed by atoms with Gasteiger partial charge >= 0.3 is 0 Å². The highest BCUT2D eigenvalue weighted by Gasteiger charge is 2.00. The Morgan fingerprint density at radius 2 is 2.12 bits per heavy atom. The molecule has 3 nitrogen and oxygen atoms in total. The Labute approximate surface area is 103 Å². The number of hydrogen-bond donors (Lipinski definition) is 2. The molecule has 0 amide bonds. The van der Waals surface area contributed by atoms with Crippen LogP contribution in [0.2, 0.25) is 0 Å². The van der Waals surface area contributed by atoms with Gasteiger partial charge in [-0.1, -0.05) is 26.0 Å². The second-order valence-corrected chi connectivity index (χ2v) is 4.56. The Kier molecular flexibility index (Phi) is 5.53. The Hall–Kier alpha value is -1.51. The average molecular weight is 234 g/mol. The number of benzene rings is 1. The van der Waals surface area contributed by atoms with Crippen LogP contribution < -0.4 is 10.5 Å². The van der Waals surface area contributed by atoms with Gasteiger partial charge in [0, 0.05) is 6.42 Å². The van der Waals surface area contributed by atoms with Crippen molar-refractivity contribution in [3.05, 3.63) is 29.8 Å². The van der Waals surface area contributed by atoms with Gasteiger partial charge in [0.15, 0.2) is 0 Å². The quantitative estimate of drug-likeness (QED) is 0.432. The van der Waals surface area contributed by atoms with Crippen molar-refractivity contribution in [3.8, 4) is 5.75 Å². The number of nitrogens with one attached hydrogen (secondary N) is 1. The van der Waals surface area contributed by atoms with E-state index < -0.39 is 0 Å². The highest BCUT2D eigenvalue weighted by Crippen LogP contribution is 2.20. The summed E-state index contributed by atoms with van der Waals surface area (Å²) in [7, 11) is 0. The van der Waals surface area contributed by atoms with E-state index >= 15 is 0 Å². The molecule has 1 rings (SSSR count). The van der Waals surface area contributed by atoms with Crippen molar-refractivity contribution < 1.29 is 4.74 Å². The van der Waals surface area contributed by atoms with Gasteiger partial charge in [0.05, 0.1) is 12.4 Å². The summed E-state index contributed by atoms with van der Waals surface area (Å²) in [5, 5.41) is 7.11. The van der Waals surface area contributed by atoms with E-state index in [4.69, 9.17) is 15.9 Å². The van der Waals surface area contributed by atoms with Crippen LogP contribution in [0.4, 0.5) is 0 Å². The fourth-order valence-corrected chi connectivity index (χ4v) is 1.57. The summed E-state index contributed by atoms with van der Waals surface area (Å²) < 4.78 is 5.67. The van der Waals surface area contributed by atoms with E-state index in [1.807, 2.05) is 12.1 Å². The molecular weight excluding hydrogens is 212 g/mol. The first-order valence-corrected chi connectivity index (χ1v) is 6.15. The molecule has 94 valence electrons. The van der Waals surface area contributed by atoms with Crippen LogP contribution in [0.1, 0.15) is 44.6 Å². The molecule has 0 bridgehead atoms. The summed E-state index contributed by atoms with van der Waals surface area (Å²) in [5.41, 5.74) is 6.58. The van der Waals surface area contributed by atoms with E-state index in [0.717, 1.165) is 18.6 Å². The third-order valence-electron chi connectivity index (χ3n) is 2.63. The molecule has 0 saturated heterocycles. The number of rotatable bonds is 7. The molecule has 0 unspecified atom stereocenters. The van der Waals surface area contributed by atoms with Crippen LogP contribution in [0.15, 0.2) is 24.3 Å². The molecule has 0 heterocycles. The molecule has 0 aliphatic rings. The van der Waals surface area contributed by atoms with Gasteiger partial charge in [-0.25, -0.2) is 0 Å². The zero-order valence-corrected chi connectivity index (χ0v) is 10.7. The van der Waals surface area contributed by atoms with Gasteiger partial charge in [0.2, 0.25) is 0 Å². The Morgan fingerprint density at radius 3 is 2.76 bits per heavy atom. The highest BCUT2D eigenvalue weighted by atomic mass is 16.5. The van der Waals surface area contributed by atoms with Gasteiger partial charge < -0.3 is 10.5 Å². The Bertz CT molecular complexity index is 361. The topological polar surface area (TPSA) is 59.1 Å². The molecule has 0 aromatic heterocycles. The smallest absolute Gasteiger partial charge is 0.119 e. The molecule has 0 fully saturated rings. The van der Waals surface area contributed by atoms with Crippen LogP contribution >= 0.6 is 0 Å². The maximum atomic E-state index is 7.11. The summed E-state index contributed by atoms with van der Waals surface area (Å²) in [6.45, 7) is 5.03. The van der Waals surface area contributed by atoms with Gasteiger partial charge in [0.1, 0.15) is 5.75 Å².